The Hall–Kier alpha value is -4.33. The molecule has 0 aromatic heterocycles. The fourth-order valence-corrected chi connectivity index (χ4v) is 3.81. The van der Waals surface area contributed by atoms with E-state index in [2.05, 4.69) is 5.32 Å². The van der Waals surface area contributed by atoms with Crippen LogP contribution in [0, 0.1) is 0 Å². The Labute approximate surface area is 205 Å². The van der Waals surface area contributed by atoms with E-state index >= 15 is 0 Å². The Morgan fingerprint density at radius 2 is 1.50 bits per heavy atom. The Bertz CT molecular complexity index is 1370. The summed E-state index contributed by atoms with van der Waals surface area (Å²) in [4.78, 5) is 25.1. The Kier molecular flexibility index (Phi) is 7.24. The minimum absolute atomic E-state index is 0.0845. The van der Waals surface area contributed by atoms with Gasteiger partial charge in [-0.25, -0.2) is 4.79 Å². The van der Waals surface area contributed by atoms with E-state index in [1.54, 1.807) is 48.5 Å². The molecule has 0 aliphatic heterocycles. The van der Waals surface area contributed by atoms with Gasteiger partial charge in [-0.1, -0.05) is 72.8 Å². The lowest BCUT2D eigenvalue weighted by molar-refractivity contribution is -0.139. The summed E-state index contributed by atoms with van der Waals surface area (Å²) >= 11 is 0. The molecule has 0 unspecified atom stereocenters. The van der Waals surface area contributed by atoms with Crippen LogP contribution in [-0.2, 0) is 24.0 Å². The van der Waals surface area contributed by atoms with Crippen molar-refractivity contribution in [1.29, 1.82) is 0 Å². The highest BCUT2D eigenvalue weighted by Gasteiger charge is 2.30. The molecule has 36 heavy (non-hydrogen) atoms. The van der Waals surface area contributed by atoms with Gasteiger partial charge in [0, 0.05) is 11.8 Å². The maximum absolute atomic E-state index is 13.2. The fourth-order valence-electron chi connectivity index (χ4n) is 3.81. The molecule has 4 aromatic carbocycles. The number of aliphatic carboxylic acids is 1. The van der Waals surface area contributed by atoms with Gasteiger partial charge in [-0.15, -0.1) is 0 Å². The van der Waals surface area contributed by atoms with Crippen molar-refractivity contribution in [2.24, 2.45) is 0 Å². The second-order valence-electron chi connectivity index (χ2n) is 8.20. The van der Waals surface area contributed by atoms with Gasteiger partial charge in [-0.2, -0.15) is 13.2 Å². The van der Waals surface area contributed by atoms with E-state index in [4.69, 9.17) is 4.74 Å². The maximum atomic E-state index is 13.2. The molecule has 1 atom stereocenters. The summed E-state index contributed by atoms with van der Waals surface area (Å²) in [6.07, 6.45) is -4.35. The monoisotopic (exact) mass is 493 g/mol. The summed E-state index contributed by atoms with van der Waals surface area (Å²) in [5.41, 5.74) is 0.590. The summed E-state index contributed by atoms with van der Waals surface area (Å²) in [6.45, 7) is -0.0845. The van der Waals surface area contributed by atoms with Crippen LogP contribution in [0.25, 0.3) is 10.8 Å². The van der Waals surface area contributed by atoms with Gasteiger partial charge >= 0.3 is 12.1 Å². The molecule has 1 amide bonds. The minimum Gasteiger partial charge on any atom is -0.487 e. The number of carboxylic acid groups (broad SMARTS) is 1. The van der Waals surface area contributed by atoms with Gasteiger partial charge in [0.25, 0.3) is 5.91 Å². The number of hydrogen-bond donors (Lipinski definition) is 2. The van der Waals surface area contributed by atoms with Crippen LogP contribution >= 0.6 is 0 Å². The van der Waals surface area contributed by atoms with E-state index < -0.39 is 29.7 Å². The van der Waals surface area contributed by atoms with Gasteiger partial charge < -0.3 is 15.2 Å². The summed E-state index contributed by atoms with van der Waals surface area (Å²) in [5.74, 6) is -1.60. The number of hydrogen-bond acceptors (Lipinski definition) is 3. The number of benzene rings is 4. The van der Waals surface area contributed by atoms with Crippen LogP contribution in [0.5, 0.6) is 5.75 Å². The zero-order valence-corrected chi connectivity index (χ0v) is 19.0. The Morgan fingerprint density at radius 3 is 2.17 bits per heavy atom. The van der Waals surface area contributed by atoms with Crippen molar-refractivity contribution in [2.45, 2.75) is 25.2 Å². The molecule has 8 heteroatoms. The van der Waals surface area contributed by atoms with E-state index in [9.17, 15) is 27.9 Å². The molecule has 2 N–H and O–H groups in total. The van der Waals surface area contributed by atoms with E-state index in [0.717, 1.165) is 23.1 Å². The number of alkyl halides is 3. The molecule has 0 saturated heterocycles. The van der Waals surface area contributed by atoms with E-state index in [0.29, 0.717) is 10.9 Å². The normalized spacial score (nSPS) is 12.2. The Balaban J connectivity index is 1.60. The van der Waals surface area contributed by atoms with Crippen LogP contribution in [0.15, 0.2) is 91.0 Å². The molecule has 4 rings (SSSR count). The fraction of sp³-hybridized carbons (Fsp3) is 0.143. The lowest BCUT2D eigenvalue weighted by atomic mass is 10.0. The van der Waals surface area contributed by atoms with Crippen LogP contribution in [0.2, 0.25) is 0 Å². The van der Waals surface area contributed by atoms with Crippen LogP contribution in [0.1, 0.15) is 27.0 Å². The first-order valence-corrected chi connectivity index (χ1v) is 11.1. The molecular formula is C28H22F3NO4. The predicted octanol–water partition coefficient (Wildman–Crippen LogP) is 5.86. The predicted molar refractivity (Wildman–Crippen MR) is 129 cm³/mol. The molecular weight excluding hydrogens is 471 g/mol. The molecule has 184 valence electrons. The quantitative estimate of drug-likeness (QED) is 0.322. The first-order chi connectivity index (χ1) is 17.2. The average Bonchev–Trinajstić information content (AvgIpc) is 2.87. The van der Waals surface area contributed by atoms with Gasteiger partial charge in [-0.05, 0) is 34.7 Å². The molecule has 0 radical (unpaired) electrons. The summed E-state index contributed by atoms with van der Waals surface area (Å²) < 4.78 is 44.6. The number of fused-ring (bicyclic) bond motifs is 1. The molecule has 4 aromatic rings. The summed E-state index contributed by atoms with van der Waals surface area (Å²) in [6, 6.07) is 22.8. The van der Waals surface area contributed by atoms with Gasteiger partial charge in [0.15, 0.2) is 0 Å². The van der Waals surface area contributed by atoms with Crippen molar-refractivity contribution in [1.82, 2.24) is 5.32 Å². The molecule has 5 nitrogen and oxygen atoms in total. The van der Waals surface area contributed by atoms with Crippen molar-refractivity contribution in [3.05, 3.63) is 113 Å². The number of rotatable bonds is 8. The molecule has 0 saturated carbocycles. The zero-order valence-electron chi connectivity index (χ0n) is 19.0. The van der Waals surface area contributed by atoms with E-state index in [1.165, 1.54) is 12.1 Å². The number of halogens is 3. The standard InChI is InChI=1S/C28H22F3NO4/c29-28(30,31)21-13-10-19(11-14-21)17-36-25-22-9-5-4-8-20(22)12-15-23(25)26(33)32-24(27(34)35)16-18-6-2-1-3-7-18/h1-15,24H,16-17H2,(H,32,33)(H,34,35)/t24-/m1/s1. The van der Waals surface area contributed by atoms with Gasteiger partial charge in [0.2, 0.25) is 0 Å². The van der Waals surface area contributed by atoms with Crippen LogP contribution < -0.4 is 10.1 Å². The van der Waals surface area contributed by atoms with Gasteiger partial charge in [-0.3, -0.25) is 4.79 Å². The topological polar surface area (TPSA) is 75.6 Å². The number of amides is 1. The lowest BCUT2D eigenvalue weighted by Gasteiger charge is -2.18. The SMILES string of the molecule is O=C(N[C@H](Cc1ccccc1)C(=O)O)c1ccc2ccccc2c1OCc1ccc(C(F)(F)F)cc1. The molecule has 0 aliphatic carbocycles. The number of ether oxygens (including phenoxy) is 1. The van der Waals surface area contributed by atoms with Crippen LogP contribution in [-0.4, -0.2) is 23.0 Å². The highest BCUT2D eigenvalue weighted by molar-refractivity contribution is 6.04. The zero-order chi connectivity index (χ0) is 25.7. The highest BCUT2D eigenvalue weighted by atomic mass is 19.4. The van der Waals surface area contributed by atoms with Gasteiger partial charge in [0.05, 0.1) is 11.1 Å². The summed E-state index contributed by atoms with van der Waals surface area (Å²) in [7, 11) is 0. The van der Waals surface area contributed by atoms with Crippen LogP contribution in [0.4, 0.5) is 13.2 Å². The lowest BCUT2D eigenvalue weighted by Crippen LogP contribution is -2.42. The second kappa shape index (κ2) is 10.5. The molecule has 0 aliphatic rings. The third kappa shape index (κ3) is 5.83. The maximum Gasteiger partial charge on any atom is 0.416 e. The minimum atomic E-state index is -4.44. The summed E-state index contributed by atoms with van der Waals surface area (Å²) in [5, 5.41) is 13.6. The molecule has 0 bridgehead atoms. The van der Waals surface area contributed by atoms with Crippen molar-refractivity contribution in [3.8, 4) is 5.75 Å². The highest BCUT2D eigenvalue weighted by Crippen LogP contribution is 2.32. The number of carboxylic acids is 1. The number of nitrogens with one attached hydrogen (secondary N) is 1. The first kappa shape index (κ1) is 24.8. The second-order valence-corrected chi connectivity index (χ2v) is 8.20. The van der Waals surface area contributed by atoms with Crippen molar-refractivity contribution in [3.63, 3.8) is 0 Å². The Morgan fingerprint density at radius 1 is 0.833 bits per heavy atom. The van der Waals surface area contributed by atoms with E-state index in [-0.39, 0.29) is 24.3 Å². The molecule has 0 heterocycles. The largest absolute Gasteiger partial charge is 0.487 e. The van der Waals surface area contributed by atoms with Gasteiger partial charge in [0.1, 0.15) is 18.4 Å². The smallest absolute Gasteiger partial charge is 0.416 e. The van der Waals surface area contributed by atoms with Crippen molar-refractivity contribution >= 4 is 22.6 Å². The first-order valence-electron chi connectivity index (χ1n) is 11.1. The van der Waals surface area contributed by atoms with E-state index in [1.807, 2.05) is 18.2 Å². The third-order valence-corrected chi connectivity index (χ3v) is 5.67. The number of carbonyl (C=O) groups excluding carboxylic acids is 1. The van der Waals surface area contributed by atoms with Crippen molar-refractivity contribution in [2.75, 3.05) is 0 Å². The van der Waals surface area contributed by atoms with Crippen LogP contribution in [0.3, 0.4) is 0 Å². The van der Waals surface area contributed by atoms with Crippen molar-refractivity contribution < 1.29 is 32.6 Å². The molecule has 0 spiro atoms. The number of carbonyl (C=O) groups is 2. The average molecular weight is 493 g/mol. The third-order valence-electron chi connectivity index (χ3n) is 5.67. The molecule has 0 fully saturated rings.